The van der Waals surface area contributed by atoms with Crippen LogP contribution in [0.1, 0.15) is 36.1 Å². The Bertz CT molecular complexity index is 904. The number of anilines is 1. The number of rotatable bonds is 3. The number of ether oxygens (including phenoxy) is 1. The van der Waals surface area contributed by atoms with Crippen LogP contribution in [0.5, 0.6) is 0 Å². The predicted molar refractivity (Wildman–Crippen MR) is 109 cm³/mol. The van der Waals surface area contributed by atoms with Gasteiger partial charge in [0.1, 0.15) is 23.0 Å². The van der Waals surface area contributed by atoms with E-state index in [-0.39, 0.29) is 17.8 Å². The molecule has 1 unspecified atom stereocenters. The number of esters is 1. The van der Waals surface area contributed by atoms with Crippen LogP contribution in [0.25, 0.3) is 10.2 Å². The third-order valence-corrected chi connectivity index (χ3v) is 7.21. The smallest absolute Gasteiger partial charge is 0.328 e. The summed E-state index contributed by atoms with van der Waals surface area (Å²) < 4.78 is 4.88. The van der Waals surface area contributed by atoms with Crippen LogP contribution in [0.15, 0.2) is 6.33 Å². The lowest BCUT2D eigenvalue weighted by molar-refractivity contribution is -0.152. The van der Waals surface area contributed by atoms with Crippen LogP contribution >= 0.6 is 11.3 Å². The summed E-state index contributed by atoms with van der Waals surface area (Å²) in [6.07, 6.45) is 4.75. The number of carbonyl (C=O) groups excluding carboxylic acids is 2. The Balaban J connectivity index is 1.47. The molecule has 4 rings (SSSR count). The van der Waals surface area contributed by atoms with E-state index in [1.54, 1.807) is 22.6 Å². The summed E-state index contributed by atoms with van der Waals surface area (Å²) >= 11 is 1.70. The van der Waals surface area contributed by atoms with E-state index in [4.69, 9.17) is 4.74 Å². The molecule has 0 bridgehead atoms. The molecule has 0 N–H and O–H groups in total. The average molecular weight is 403 g/mol. The third-order valence-electron chi connectivity index (χ3n) is 6.10. The predicted octanol–water partition coefficient (Wildman–Crippen LogP) is 2.69. The maximum atomic E-state index is 13.0. The standard InChI is InChI=1S/C20H26N4O3S/c1-12-13(2)28-18-16(12)17(21-11-22-18)23-9-6-14(7-10-23)19(25)24-8-4-5-15(24)20(26)27-3/h11,14-15H,4-10H2,1-3H3. The lowest BCUT2D eigenvalue weighted by atomic mass is 9.94. The summed E-state index contributed by atoms with van der Waals surface area (Å²) in [6.45, 7) is 6.46. The molecule has 0 aromatic carbocycles. The maximum Gasteiger partial charge on any atom is 0.328 e. The van der Waals surface area contributed by atoms with E-state index in [9.17, 15) is 9.59 Å². The Morgan fingerprint density at radius 1 is 1.14 bits per heavy atom. The number of hydrogen-bond acceptors (Lipinski definition) is 7. The van der Waals surface area contributed by atoms with E-state index < -0.39 is 6.04 Å². The molecule has 8 heteroatoms. The molecule has 28 heavy (non-hydrogen) atoms. The maximum absolute atomic E-state index is 13.0. The van der Waals surface area contributed by atoms with Gasteiger partial charge in [0.15, 0.2) is 0 Å². The molecule has 7 nitrogen and oxygen atoms in total. The second-order valence-corrected chi connectivity index (χ2v) is 8.84. The highest BCUT2D eigenvalue weighted by Gasteiger charge is 2.38. The normalized spacial score (nSPS) is 20.8. The fourth-order valence-corrected chi connectivity index (χ4v) is 5.38. The van der Waals surface area contributed by atoms with Crippen molar-refractivity contribution in [1.82, 2.24) is 14.9 Å². The van der Waals surface area contributed by atoms with Gasteiger partial charge in [-0.25, -0.2) is 14.8 Å². The van der Waals surface area contributed by atoms with Crippen LogP contribution in [0.4, 0.5) is 5.82 Å². The van der Waals surface area contributed by atoms with Gasteiger partial charge in [0.05, 0.1) is 12.5 Å². The van der Waals surface area contributed by atoms with E-state index in [1.165, 1.54) is 17.6 Å². The summed E-state index contributed by atoms with van der Waals surface area (Å²) in [6, 6.07) is -0.409. The van der Waals surface area contributed by atoms with Crippen molar-refractivity contribution >= 4 is 39.2 Å². The Morgan fingerprint density at radius 2 is 1.89 bits per heavy atom. The van der Waals surface area contributed by atoms with E-state index in [1.807, 2.05) is 0 Å². The topological polar surface area (TPSA) is 75.6 Å². The number of aryl methyl sites for hydroxylation is 2. The lowest BCUT2D eigenvalue weighted by Crippen LogP contribution is -2.47. The minimum Gasteiger partial charge on any atom is -0.467 e. The molecule has 0 radical (unpaired) electrons. The first-order valence-electron chi connectivity index (χ1n) is 9.85. The molecule has 0 aliphatic carbocycles. The van der Waals surface area contributed by atoms with Gasteiger partial charge >= 0.3 is 5.97 Å². The molecule has 2 fully saturated rings. The van der Waals surface area contributed by atoms with Crippen LogP contribution in [0, 0.1) is 19.8 Å². The summed E-state index contributed by atoms with van der Waals surface area (Å²) in [7, 11) is 1.39. The lowest BCUT2D eigenvalue weighted by Gasteiger charge is -2.35. The zero-order valence-corrected chi connectivity index (χ0v) is 17.4. The third kappa shape index (κ3) is 3.23. The van der Waals surface area contributed by atoms with Gasteiger partial charge in [0.2, 0.25) is 5.91 Å². The Kier molecular flexibility index (Phi) is 5.23. The van der Waals surface area contributed by atoms with Crippen molar-refractivity contribution in [3.05, 3.63) is 16.8 Å². The molecule has 1 amide bonds. The minimum absolute atomic E-state index is 0.0378. The van der Waals surface area contributed by atoms with Crippen LogP contribution in [0.3, 0.4) is 0 Å². The van der Waals surface area contributed by atoms with Crippen molar-refractivity contribution in [2.24, 2.45) is 5.92 Å². The van der Waals surface area contributed by atoms with Crippen molar-refractivity contribution in [1.29, 1.82) is 0 Å². The van der Waals surface area contributed by atoms with E-state index in [2.05, 4.69) is 28.7 Å². The van der Waals surface area contributed by atoms with Crippen molar-refractivity contribution in [3.8, 4) is 0 Å². The number of likely N-dealkylation sites (tertiary alicyclic amines) is 1. The molecule has 0 saturated carbocycles. The number of piperidine rings is 1. The first-order chi connectivity index (χ1) is 13.5. The molecule has 2 aromatic rings. The number of amides is 1. The van der Waals surface area contributed by atoms with Gasteiger partial charge in [-0.1, -0.05) is 0 Å². The van der Waals surface area contributed by atoms with Crippen LogP contribution < -0.4 is 4.90 Å². The Morgan fingerprint density at radius 3 is 2.61 bits per heavy atom. The van der Waals surface area contributed by atoms with Gasteiger partial charge in [-0.3, -0.25) is 4.79 Å². The van der Waals surface area contributed by atoms with Gasteiger partial charge in [0, 0.05) is 30.4 Å². The minimum atomic E-state index is -0.409. The number of methoxy groups -OCH3 is 1. The zero-order valence-electron chi connectivity index (χ0n) is 16.6. The monoisotopic (exact) mass is 402 g/mol. The number of fused-ring (bicyclic) bond motifs is 1. The molecular formula is C20H26N4O3S. The first kappa shape index (κ1) is 19.1. The van der Waals surface area contributed by atoms with Gasteiger partial charge in [0.25, 0.3) is 0 Å². The molecule has 2 aliphatic heterocycles. The van der Waals surface area contributed by atoms with Crippen molar-refractivity contribution in [2.45, 2.75) is 45.6 Å². The van der Waals surface area contributed by atoms with Crippen LogP contribution in [-0.4, -0.2) is 59.5 Å². The second-order valence-electron chi connectivity index (χ2n) is 7.63. The fraction of sp³-hybridized carbons (Fsp3) is 0.600. The largest absolute Gasteiger partial charge is 0.467 e. The Labute approximate surface area is 168 Å². The fourth-order valence-electron chi connectivity index (χ4n) is 4.39. The molecule has 0 spiro atoms. The summed E-state index contributed by atoms with van der Waals surface area (Å²) in [4.78, 5) is 40.3. The highest BCUT2D eigenvalue weighted by molar-refractivity contribution is 7.18. The van der Waals surface area contributed by atoms with Crippen molar-refractivity contribution in [2.75, 3.05) is 31.6 Å². The van der Waals surface area contributed by atoms with E-state index in [0.29, 0.717) is 13.0 Å². The average Bonchev–Trinajstić information content (AvgIpc) is 3.32. The first-order valence-corrected chi connectivity index (χ1v) is 10.7. The Hall–Kier alpha value is -2.22. The molecule has 150 valence electrons. The second kappa shape index (κ2) is 7.66. The molecule has 2 aliphatic rings. The quantitative estimate of drug-likeness (QED) is 0.735. The highest BCUT2D eigenvalue weighted by atomic mass is 32.1. The SMILES string of the molecule is COC(=O)C1CCCN1C(=O)C1CCN(c2ncnc3sc(C)c(C)c23)CC1. The van der Waals surface area contributed by atoms with Crippen LogP contribution in [0.2, 0.25) is 0 Å². The molecular weight excluding hydrogens is 376 g/mol. The van der Waals surface area contributed by atoms with Gasteiger partial charge < -0.3 is 14.5 Å². The number of nitrogens with zero attached hydrogens (tertiary/aromatic N) is 4. The van der Waals surface area contributed by atoms with Gasteiger partial charge in [-0.05, 0) is 45.1 Å². The molecule has 1 atom stereocenters. The van der Waals surface area contributed by atoms with Crippen LogP contribution in [-0.2, 0) is 14.3 Å². The van der Waals surface area contributed by atoms with Gasteiger partial charge in [-0.2, -0.15) is 0 Å². The molecule has 2 aromatic heterocycles. The number of carbonyl (C=O) groups is 2. The number of aromatic nitrogens is 2. The summed E-state index contributed by atoms with van der Waals surface area (Å²) in [5, 5.41) is 1.14. The van der Waals surface area contributed by atoms with Crippen molar-refractivity contribution < 1.29 is 14.3 Å². The highest BCUT2D eigenvalue weighted by Crippen LogP contribution is 2.36. The number of hydrogen-bond donors (Lipinski definition) is 0. The van der Waals surface area contributed by atoms with E-state index in [0.717, 1.165) is 48.4 Å². The van der Waals surface area contributed by atoms with Gasteiger partial charge in [-0.15, -0.1) is 11.3 Å². The van der Waals surface area contributed by atoms with Crippen molar-refractivity contribution in [3.63, 3.8) is 0 Å². The van der Waals surface area contributed by atoms with E-state index >= 15 is 0 Å². The number of thiophene rings is 1. The summed E-state index contributed by atoms with van der Waals surface area (Å²) in [5.41, 5.74) is 1.24. The summed E-state index contributed by atoms with van der Waals surface area (Å²) in [5.74, 6) is 0.744. The molecule has 4 heterocycles. The zero-order chi connectivity index (χ0) is 19.8. The molecule has 2 saturated heterocycles.